The van der Waals surface area contributed by atoms with Gasteiger partial charge < -0.3 is 9.67 Å². The molecule has 3 rings (SSSR count). The van der Waals surface area contributed by atoms with E-state index in [0.29, 0.717) is 11.7 Å². The van der Waals surface area contributed by atoms with Crippen molar-refractivity contribution in [2.45, 2.75) is 68.5 Å². The summed E-state index contributed by atoms with van der Waals surface area (Å²) in [6.07, 6.45) is 7.54. The fourth-order valence-electron chi connectivity index (χ4n) is 2.94. The molecule has 6 heteroatoms. The molecule has 2 aliphatic carbocycles. The van der Waals surface area contributed by atoms with Crippen molar-refractivity contribution < 1.29 is 13.5 Å². The lowest BCUT2D eigenvalue weighted by atomic mass is 9.76. The molecular weight excluding hydrogens is 276 g/mol. The Kier molecular flexibility index (Phi) is 3.43. The molecule has 0 spiro atoms. The number of hydrogen-bond donors (Lipinski definition) is 2. The molecule has 5 nitrogen and oxygen atoms in total. The number of hydrogen-bond acceptors (Lipinski definition) is 3. The quantitative estimate of drug-likeness (QED) is 0.843. The van der Waals surface area contributed by atoms with Crippen molar-refractivity contribution in [2.75, 3.05) is 0 Å². The molecule has 0 aliphatic heterocycles. The predicted octanol–water partition coefficient (Wildman–Crippen LogP) is 1.93. The van der Waals surface area contributed by atoms with E-state index in [1.165, 1.54) is 0 Å². The van der Waals surface area contributed by atoms with E-state index in [0.717, 1.165) is 38.5 Å². The highest BCUT2D eigenvalue weighted by Crippen LogP contribution is 2.39. The number of rotatable bonds is 6. The van der Waals surface area contributed by atoms with Gasteiger partial charge in [0.1, 0.15) is 4.90 Å². The molecule has 2 fully saturated rings. The largest absolute Gasteiger partial charge is 0.390 e. The molecule has 2 saturated carbocycles. The average Bonchev–Trinajstić information content (AvgIpc) is 3.12. The molecule has 0 amide bonds. The van der Waals surface area contributed by atoms with Gasteiger partial charge in [0.2, 0.25) is 10.0 Å². The van der Waals surface area contributed by atoms with Crippen molar-refractivity contribution in [3.05, 3.63) is 18.0 Å². The van der Waals surface area contributed by atoms with Crippen LogP contribution in [0.2, 0.25) is 0 Å². The van der Waals surface area contributed by atoms with Crippen LogP contribution in [0.3, 0.4) is 0 Å². The van der Waals surface area contributed by atoms with Crippen LogP contribution in [0.15, 0.2) is 17.2 Å². The standard InChI is InChI=1S/C14H22N2O3S/c1-2-14(6-3-7-14)15-20(18,19)13-8-12(10-17)16(9-13)11-4-5-11/h8-9,11,15,17H,2-7,10H2,1H3. The van der Waals surface area contributed by atoms with Crippen LogP contribution >= 0.6 is 0 Å². The van der Waals surface area contributed by atoms with Crippen LogP contribution in [0.25, 0.3) is 0 Å². The monoisotopic (exact) mass is 298 g/mol. The zero-order valence-electron chi connectivity index (χ0n) is 11.8. The maximum Gasteiger partial charge on any atom is 0.242 e. The van der Waals surface area contributed by atoms with Gasteiger partial charge in [0.15, 0.2) is 0 Å². The second-order valence-electron chi connectivity index (χ2n) is 6.06. The van der Waals surface area contributed by atoms with Gasteiger partial charge >= 0.3 is 0 Å². The number of aromatic nitrogens is 1. The molecular formula is C14H22N2O3S. The molecule has 1 aromatic rings. The first kappa shape index (κ1) is 14.1. The number of sulfonamides is 1. The van der Waals surface area contributed by atoms with Gasteiger partial charge in [-0.15, -0.1) is 0 Å². The van der Waals surface area contributed by atoms with E-state index in [4.69, 9.17) is 0 Å². The summed E-state index contributed by atoms with van der Waals surface area (Å²) >= 11 is 0. The molecule has 0 saturated heterocycles. The highest BCUT2D eigenvalue weighted by atomic mass is 32.2. The zero-order chi connectivity index (χ0) is 14.4. The van der Waals surface area contributed by atoms with Gasteiger partial charge in [-0.1, -0.05) is 6.92 Å². The highest BCUT2D eigenvalue weighted by Gasteiger charge is 2.39. The Bertz CT molecular complexity index is 592. The number of nitrogens with one attached hydrogen (secondary N) is 1. The van der Waals surface area contributed by atoms with Gasteiger partial charge in [0.25, 0.3) is 0 Å². The molecule has 0 bridgehead atoms. The highest BCUT2D eigenvalue weighted by molar-refractivity contribution is 7.89. The molecule has 2 aliphatic rings. The molecule has 0 radical (unpaired) electrons. The first-order chi connectivity index (χ1) is 9.50. The zero-order valence-corrected chi connectivity index (χ0v) is 12.6. The molecule has 0 aromatic carbocycles. The Balaban J connectivity index is 1.87. The third-order valence-electron chi connectivity index (χ3n) is 4.66. The van der Waals surface area contributed by atoms with E-state index < -0.39 is 10.0 Å². The predicted molar refractivity (Wildman–Crippen MR) is 75.8 cm³/mol. The van der Waals surface area contributed by atoms with Crippen LogP contribution in [0.1, 0.15) is 57.2 Å². The van der Waals surface area contributed by atoms with Crippen molar-refractivity contribution >= 4 is 10.0 Å². The maximum atomic E-state index is 12.5. The summed E-state index contributed by atoms with van der Waals surface area (Å²) in [5.74, 6) is 0. The minimum Gasteiger partial charge on any atom is -0.390 e. The molecule has 0 atom stereocenters. The second kappa shape index (κ2) is 4.86. The lowest BCUT2D eigenvalue weighted by Gasteiger charge is -2.41. The molecule has 112 valence electrons. The van der Waals surface area contributed by atoms with Crippen LogP contribution in [0.4, 0.5) is 0 Å². The van der Waals surface area contributed by atoms with E-state index in [1.54, 1.807) is 12.3 Å². The number of aliphatic hydroxyl groups excluding tert-OH is 1. The average molecular weight is 298 g/mol. The van der Waals surface area contributed by atoms with Crippen LogP contribution in [0.5, 0.6) is 0 Å². The summed E-state index contributed by atoms with van der Waals surface area (Å²) in [5.41, 5.74) is 0.437. The lowest BCUT2D eigenvalue weighted by molar-refractivity contribution is 0.214. The van der Waals surface area contributed by atoms with Crippen molar-refractivity contribution in [1.82, 2.24) is 9.29 Å². The summed E-state index contributed by atoms with van der Waals surface area (Å²) in [6.45, 7) is 1.90. The molecule has 20 heavy (non-hydrogen) atoms. The van der Waals surface area contributed by atoms with E-state index in [-0.39, 0.29) is 17.0 Å². The Labute approximate surface area is 120 Å². The van der Waals surface area contributed by atoms with Crippen molar-refractivity contribution in [3.8, 4) is 0 Å². The summed E-state index contributed by atoms with van der Waals surface area (Å²) in [5, 5.41) is 9.37. The molecule has 1 aromatic heterocycles. The number of nitrogens with zero attached hydrogens (tertiary/aromatic N) is 1. The fourth-order valence-corrected chi connectivity index (χ4v) is 4.52. The van der Waals surface area contributed by atoms with Crippen LogP contribution in [0, 0.1) is 0 Å². The van der Waals surface area contributed by atoms with E-state index in [9.17, 15) is 13.5 Å². The molecule has 2 N–H and O–H groups in total. The Morgan fingerprint density at radius 1 is 1.45 bits per heavy atom. The second-order valence-corrected chi connectivity index (χ2v) is 7.74. The minimum atomic E-state index is -3.49. The SMILES string of the molecule is CCC1(NS(=O)(=O)c2cc(CO)n(C3CC3)c2)CCC1. The fraction of sp³-hybridized carbons (Fsp3) is 0.714. The molecule has 1 heterocycles. The maximum absolute atomic E-state index is 12.5. The lowest BCUT2D eigenvalue weighted by Crippen LogP contribution is -2.52. The van der Waals surface area contributed by atoms with Gasteiger partial charge in [-0.05, 0) is 44.6 Å². The smallest absolute Gasteiger partial charge is 0.242 e. The van der Waals surface area contributed by atoms with E-state index in [1.807, 2.05) is 11.5 Å². The first-order valence-electron chi connectivity index (χ1n) is 7.35. The van der Waals surface area contributed by atoms with E-state index in [2.05, 4.69) is 4.72 Å². The summed E-state index contributed by atoms with van der Waals surface area (Å²) in [6, 6.07) is 1.97. The van der Waals surface area contributed by atoms with Crippen LogP contribution in [-0.2, 0) is 16.6 Å². The molecule has 0 unspecified atom stereocenters. The van der Waals surface area contributed by atoms with Gasteiger partial charge in [-0.25, -0.2) is 13.1 Å². The van der Waals surface area contributed by atoms with Gasteiger partial charge in [-0.3, -0.25) is 0 Å². The Morgan fingerprint density at radius 2 is 2.15 bits per heavy atom. The van der Waals surface area contributed by atoms with Crippen LogP contribution < -0.4 is 4.72 Å². The number of aliphatic hydroxyl groups is 1. The first-order valence-corrected chi connectivity index (χ1v) is 8.83. The normalized spacial score (nSPS) is 21.7. The summed E-state index contributed by atoms with van der Waals surface area (Å²) < 4.78 is 29.8. The summed E-state index contributed by atoms with van der Waals surface area (Å²) in [4.78, 5) is 0.285. The third-order valence-corrected chi connectivity index (χ3v) is 6.20. The minimum absolute atomic E-state index is 0.120. The summed E-state index contributed by atoms with van der Waals surface area (Å²) in [7, 11) is -3.49. The third kappa shape index (κ3) is 2.40. The van der Waals surface area contributed by atoms with Gasteiger partial charge in [0.05, 0.1) is 6.61 Å². The van der Waals surface area contributed by atoms with Gasteiger partial charge in [0, 0.05) is 23.5 Å². The Morgan fingerprint density at radius 3 is 2.60 bits per heavy atom. The van der Waals surface area contributed by atoms with Gasteiger partial charge in [-0.2, -0.15) is 0 Å². The van der Waals surface area contributed by atoms with Crippen molar-refractivity contribution in [3.63, 3.8) is 0 Å². The van der Waals surface area contributed by atoms with Crippen molar-refractivity contribution in [2.24, 2.45) is 0 Å². The Hall–Kier alpha value is -0.850. The van der Waals surface area contributed by atoms with E-state index >= 15 is 0 Å². The topological polar surface area (TPSA) is 71.3 Å². The van der Waals surface area contributed by atoms with Crippen LogP contribution in [-0.4, -0.2) is 23.6 Å². The van der Waals surface area contributed by atoms with Crippen molar-refractivity contribution in [1.29, 1.82) is 0 Å².